The van der Waals surface area contributed by atoms with Crippen LogP contribution >= 0.6 is 0 Å². The average molecular weight is 310 g/mol. The summed E-state index contributed by atoms with van der Waals surface area (Å²) >= 11 is 0. The third kappa shape index (κ3) is 3.80. The van der Waals surface area contributed by atoms with Crippen LogP contribution in [0.3, 0.4) is 0 Å². The zero-order valence-corrected chi connectivity index (χ0v) is 13.1. The van der Waals surface area contributed by atoms with Crippen LogP contribution in [0.5, 0.6) is 0 Å². The maximum absolute atomic E-state index is 12.3. The minimum Gasteiger partial charge on any atom is -0.460 e. The first-order valence-electron chi connectivity index (χ1n) is 8.24. The monoisotopic (exact) mass is 310 g/mol. The molecule has 0 aliphatic heterocycles. The molecule has 120 valence electrons. The predicted octanol–water partition coefficient (Wildman–Crippen LogP) is 3.99. The molecule has 1 saturated carbocycles. The second-order valence-electron chi connectivity index (χ2n) is 6.09. The van der Waals surface area contributed by atoms with E-state index in [-0.39, 0.29) is 12.0 Å². The van der Waals surface area contributed by atoms with Gasteiger partial charge in [0.15, 0.2) is 6.10 Å². The highest BCUT2D eigenvalue weighted by molar-refractivity contribution is 5.76. The van der Waals surface area contributed by atoms with E-state index in [9.17, 15) is 9.90 Å². The fraction of sp³-hybridized carbons (Fsp3) is 0.350. The highest BCUT2D eigenvalue weighted by Crippen LogP contribution is 2.35. The number of esters is 1. The van der Waals surface area contributed by atoms with Crippen LogP contribution in [0.25, 0.3) is 0 Å². The van der Waals surface area contributed by atoms with Crippen LogP contribution in [-0.2, 0) is 9.53 Å². The van der Waals surface area contributed by atoms with Crippen molar-refractivity contribution in [2.45, 2.75) is 43.8 Å². The quantitative estimate of drug-likeness (QED) is 0.869. The summed E-state index contributed by atoms with van der Waals surface area (Å²) in [7, 11) is 0. The Morgan fingerprint density at radius 3 is 2.26 bits per heavy atom. The summed E-state index contributed by atoms with van der Waals surface area (Å²) in [5.74, 6) is -0.332. The summed E-state index contributed by atoms with van der Waals surface area (Å²) in [5.41, 5.74) is 1.78. The number of aliphatic hydroxyl groups excluding tert-OH is 1. The van der Waals surface area contributed by atoms with E-state index in [0.717, 1.165) is 25.7 Å². The van der Waals surface area contributed by atoms with E-state index in [1.807, 2.05) is 24.3 Å². The lowest BCUT2D eigenvalue weighted by molar-refractivity contribution is -0.162. The van der Waals surface area contributed by atoms with E-state index in [4.69, 9.17) is 4.74 Å². The summed E-state index contributed by atoms with van der Waals surface area (Å²) in [5, 5.41) is 10.2. The van der Waals surface area contributed by atoms with Gasteiger partial charge >= 0.3 is 5.97 Å². The number of aliphatic hydroxyl groups is 1. The topological polar surface area (TPSA) is 46.5 Å². The van der Waals surface area contributed by atoms with E-state index in [1.54, 1.807) is 24.3 Å². The molecule has 0 spiro atoms. The lowest BCUT2D eigenvalue weighted by atomic mass is 9.81. The number of carbonyl (C=O) groups excluding carboxylic acids is 1. The Kier molecular flexibility index (Phi) is 5.09. The van der Waals surface area contributed by atoms with Gasteiger partial charge in [0.05, 0.1) is 0 Å². The zero-order chi connectivity index (χ0) is 16.1. The number of rotatable bonds is 4. The molecular weight excluding hydrogens is 288 g/mol. The molecule has 3 atom stereocenters. The highest BCUT2D eigenvalue weighted by Gasteiger charge is 2.31. The van der Waals surface area contributed by atoms with Gasteiger partial charge in [0, 0.05) is 5.92 Å². The van der Waals surface area contributed by atoms with Crippen molar-refractivity contribution in [3.05, 3.63) is 71.8 Å². The Morgan fingerprint density at radius 1 is 0.957 bits per heavy atom. The van der Waals surface area contributed by atoms with E-state index >= 15 is 0 Å². The molecule has 0 aromatic heterocycles. The largest absolute Gasteiger partial charge is 0.460 e. The van der Waals surface area contributed by atoms with Crippen molar-refractivity contribution in [3.8, 4) is 0 Å². The number of hydrogen-bond acceptors (Lipinski definition) is 3. The third-order valence-electron chi connectivity index (χ3n) is 4.54. The van der Waals surface area contributed by atoms with Crippen LogP contribution in [-0.4, -0.2) is 17.2 Å². The van der Waals surface area contributed by atoms with E-state index in [2.05, 4.69) is 12.1 Å². The van der Waals surface area contributed by atoms with Crippen molar-refractivity contribution >= 4 is 5.97 Å². The van der Waals surface area contributed by atoms with Crippen molar-refractivity contribution in [1.82, 2.24) is 0 Å². The Labute approximate surface area is 136 Å². The second kappa shape index (κ2) is 7.42. The molecule has 2 aromatic rings. The van der Waals surface area contributed by atoms with E-state index < -0.39 is 12.1 Å². The molecule has 1 N–H and O–H groups in total. The van der Waals surface area contributed by atoms with Gasteiger partial charge in [-0.1, -0.05) is 67.1 Å². The number of benzene rings is 2. The van der Waals surface area contributed by atoms with Crippen LogP contribution in [0.15, 0.2) is 60.7 Å². The van der Waals surface area contributed by atoms with Crippen molar-refractivity contribution in [3.63, 3.8) is 0 Å². The number of hydrogen-bond donors (Lipinski definition) is 1. The smallest absolute Gasteiger partial charge is 0.339 e. The average Bonchev–Trinajstić information content (AvgIpc) is 2.63. The highest BCUT2D eigenvalue weighted by atomic mass is 16.6. The van der Waals surface area contributed by atoms with Crippen LogP contribution in [0, 0.1) is 0 Å². The van der Waals surface area contributed by atoms with Gasteiger partial charge < -0.3 is 9.84 Å². The summed E-state index contributed by atoms with van der Waals surface area (Å²) in [6, 6.07) is 19.1. The number of carbonyl (C=O) groups is 1. The minimum absolute atomic E-state index is 0.156. The molecule has 2 aromatic carbocycles. The van der Waals surface area contributed by atoms with Crippen molar-refractivity contribution < 1.29 is 14.6 Å². The molecule has 3 rings (SSSR count). The molecule has 0 amide bonds. The van der Waals surface area contributed by atoms with Crippen LogP contribution in [0.4, 0.5) is 0 Å². The lowest BCUT2D eigenvalue weighted by Gasteiger charge is -2.32. The fourth-order valence-corrected chi connectivity index (χ4v) is 3.30. The summed E-state index contributed by atoms with van der Waals surface area (Å²) in [6.07, 6.45) is 2.71. The van der Waals surface area contributed by atoms with Gasteiger partial charge in [0.25, 0.3) is 0 Å². The second-order valence-corrected chi connectivity index (χ2v) is 6.09. The van der Waals surface area contributed by atoms with Gasteiger partial charge in [-0.15, -0.1) is 0 Å². The Hall–Kier alpha value is -2.13. The SMILES string of the molecule is O=C(O[C@@H]1CCCC[C@H]1c1ccccc1)[C@H](O)c1ccccc1. The Morgan fingerprint density at radius 2 is 1.57 bits per heavy atom. The summed E-state index contributed by atoms with van der Waals surface area (Å²) in [6.45, 7) is 0. The van der Waals surface area contributed by atoms with Crippen molar-refractivity contribution in [2.24, 2.45) is 0 Å². The molecule has 1 fully saturated rings. The minimum atomic E-state index is -1.21. The Balaban J connectivity index is 1.71. The molecule has 1 aliphatic rings. The zero-order valence-electron chi connectivity index (χ0n) is 13.1. The van der Waals surface area contributed by atoms with Gasteiger partial charge in [-0.2, -0.15) is 0 Å². The van der Waals surface area contributed by atoms with Crippen molar-refractivity contribution in [2.75, 3.05) is 0 Å². The van der Waals surface area contributed by atoms with Gasteiger partial charge in [0.1, 0.15) is 6.10 Å². The maximum Gasteiger partial charge on any atom is 0.339 e. The van der Waals surface area contributed by atoms with Gasteiger partial charge in [-0.05, 0) is 30.4 Å². The van der Waals surface area contributed by atoms with Crippen molar-refractivity contribution in [1.29, 1.82) is 0 Å². The van der Waals surface area contributed by atoms with Crippen LogP contribution in [0.2, 0.25) is 0 Å². The molecule has 3 heteroatoms. The van der Waals surface area contributed by atoms with E-state index in [1.165, 1.54) is 5.56 Å². The van der Waals surface area contributed by atoms with Crippen LogP contribution < -0.4 is 0 Å². The van der Waals surface area contributed by atoms with Gasteiger partial charge in [-0.3, -0.25) is 0 Å². The molecule has 0 saturated heterocycles. The first-order valence-corrected chi connectivity index (χ1v) is 8.24. The van der Waals surface area contributed by atoms with Gasteiger partial charge in [-0.25, -0.2) is 4.79 Å². The number of ether oxygens (including phenoxy) is 1. The first kappa shape index (κ1) is 15.8. The lowest BCUT2D eigenvalue weighted by Crippen LogP contribution is -2.30. The molecule has 0 bridgehead atoms. The molecule has 0 radical (unpaired) electrons. The normalized spacial score (nSPS) is 22.3. The molecule has 1 aliphatic carbocycles. The molecule has 0 heterocycles. The molecular formula is C20H22O3. The standard InChI is InChI=1S/C20H22O3/c21-19(16-11-5-2-6-12-16)20(22)23-18-14-8-7-13-17(18)15-9-3-1-4-10-15/h1-6,9-12,17-19,21H,7-8,13-14H2/t17-,18+,19+/m0/s1. The Bertz CT molecular complexity index is 624. The molecule has 23 heavy (non-hydrogen) atoms. The van der Waals surface area contributed by atoms with Gasteiger partial charge in [0.2, 0.25) is 0 Å². The molecule has 0 unspecified atom stereocenters. The fourth-order valence-electron chi connectivity index (χ4n) is 3.30. The van der Waals surface area contributed by atoms with E-state index in [0.29, 0.717) is 5.56 Å². The maximum atomic E-state index is 12.3. The summed E-state index contributed by atoms with van der Waals surface area (Å²) in [4.78, 5) is 12.3. The van der Waals surface area contributed by atoms with Crippen LogP contribution in [0.1, 0.15) is 48.8 Å². The first-order chi connectivity index (χ1) is 11.3. The third-order valence-corrected chi connectivity index (χ3v) is 4.54. The predicted molar refractivity (Wildman–Crippen MR) is 88.9 cm³/mol. The molecule has 3 nitrogen and oxygen atoms in total. The summed E-state index contributed by atoms with van der Waals surface area (Å²) < 4.78 is 5.69.